The number of hydrogen-bond acceptors (Lipinski definition) is 4. The lowest BCUT2D eigenvalue weighted by atomic mass is 10.1. The van der Waals surface area contributed by atoms with E-state index in [1.807, 2.05) is 24.4 Å². The number of benzene rings is 1. The topological polar surface area (TPSA) is 117 Å². The Kier molecular flexibility index (Phi) is 3.44. The van der Waals surface area contributed by atoms with Crippen molar-refractivity contribution >= 4 is 34.4 Å². The van der Waals surface area contributed by atoms with E-state index >= 15 is 0 Å². The van der Waals surface area contributed by atoms with E-state index in [9.17, 15) is 0 Å². The second-order valence-electron chi connectivity index (χ2n) is 4.76. The number of aromatic amines is 1. The largest absolute Gasteiger partial charge is 0.369 e. The van der Waals surface area contributed by atoms with Gasteiger partial charge in [-0.1, -0.05) is 29.8 Å². The lowest BCUT2D eigenvalue weighted by Crippen LogP contribution is -2.61. The summed E-state index contributed by atoms with van der Waals surface area (Å²) >= 11 is 5.89. The van der Waals surface area contributed by atoms with Gasteiger partial charge in [0.25, 0.3) is 5.25 Å². The Morgan fingerprint density at radius 2 is 2.14 bits per heavy atom. The summed E-state index contributed by atoms with van der Waals surface area (Å²) in [5.74, 6) is 0.553. The Labute approximate surface area is 126 Å². The van der Waals surface area contributed by atoms with Gasteiger partial charge in [-0.2, -0.15) is 4.99 Å². The predicted molar refractivity (Wildman–Crippen MR) is 85.0 cm³/mol. The van der Waals surface area contributed by atoms with Gasteiger partial charge in [0.1, 0.15) is 0 Å². The minimum atomic E-state index is -1.45. The first-order valence-corrected chi connectivity index (χ1v) is 6.89. The smallest absolute Gasteiger partial charge is 0.268 e. The van der Waals surface area contributed by atoms with Crippen LogP contribution in [-0.4, -0.2) is 28.7 Å². The molecule has 1 aliphatic heterocycles. The average molecular weight is 306 g/mol. The van der Waals surface area contributed by atoms with Crippen LogP contribution in [0, 0.1) is 0 Å². The van der Waals surface area contributed by atoms with Crippen LogP contribution in [0.4, 0.5) is 0 Å². The Morgan fingerprint density at radius 1 is 1.33 bits per heavy atom. The number of H-pyrrole nitrogens is 1. The second-order valence-corrected chi connectivity index (χ2v) is 5.34. The zero-order chi connectivity index (χ0) is 14.9. The molecule has 0 saturated heterocycles. The molecule has 2 heterocycles. The van der Waals surface area contributed by atoms with E-state index in [4.69, 9.17) is 23.1 Å². The molecule has 7 nitrogen and oxygen atoms in total. The number of nitrogens with zero attached hydrogens (tertiary/aromatic N) is 2. The van der Waals surface area contributed by atoms with E-state index in [0.717, 1.165) is 11.9 Å². The number of guanidine groups is 2. The van der Waals surface area contributed by atoms with Gasteiger partial charge in [-0.05, 0) is 18.1 Å². The molecule has 0 spiro atoms. The number of nitrogens with two attached hydrogens (primary N) is 2. The van der Waals surface area contributed by atoms with Crippen LogP contribution in [0.3, 0.4) is 0 Å². The summed E-state index contributed by atoms with van der Waals surface area (Å²) < 4.78 is 0. The maximum Gasteiger partial charge on any atom is 0.268 e. The summed E-state index contributed by atoms with van der Waals surface area (Å²) in [6.45, 7) is 0.567. The van der Waals surface area contributed by atoms with Gasteiger partial charge in [-0.25, -0.2) is 0 Å². The summed E-state index contributed by atoms with van der Waals surface area (Å²) in [5, 5.41) is 5.28. The number of aliphatic imine (C=N–C) groups is 2. The molecule has 3 rings (SSSR count). The fourth-order valence-electron chi connectivity index (χ4n) is 2.26. The summed E-state index contributed by atoms with van der Waals surface area (Å²) in [6, 6.07) is 8.15. The third-order valence-corrected chi connectivity index (χ3v) is 3.33. The van der Waals surface area contributed by atoms with Crippen LogP contribution in [0.5, 0.6) is 0 Å². The van der Waals surface area contributed by atoms with Gasteiger partial charge in [0.15, 0.2) is 5.96 Å². The maximum absolute atomic E-state index is 5.89. The van der Waals surface area contributed by atoms with E-state index in [0.29, 0.717) is 12.5 Å². The Hall–Kier alpha value is -2.25. The van der Waals surface area contributed by atoms with Crippen molar-refractivity contribution in [2.75, 3.05) is 6.54 Å². The Balaban J connectivity index is 1.69. The van der Waals surface area contributed by atoms with Gasteiger partial charge in [0.2, 0.25) is 5.96 Å². The SMILES string of the molecule is NC1=NC(N)(Cl)NC(=NCCc2c[nH]c3ccccc23)N1. The van der Waals surface area contributed by atoms with Crippen molar-refractivity contribution in [2.24, 2.45) is 21.5 Å². The van der Waals surface area contributed by atoms with Gasteiger partial charge in [0, 0.05) is 23.6 Å². The number of nitrogens with one attached hydrogen (secondary N) is 3. The summed E-state index contributed by atoms with van der Waals surface area (Å²) in [6.07, 6.45) is 2.78. The fraction of sp³-hybridized carbons (Fsp3) is 0.231. The molecule has 0 saturated carbocycles. The van der Waals surface area contributed by atoms with Crippen LogP contribution in [0.2, 0.25) is 0 Å². The molecule has 7 N–H and O–H groups in total. The molecule has 1 aromatic heterocycles. The minimum absolute atomic E-state index is 0.136. The molecule has 0 aliphatic carbocycles. The third kappa shape index (κ3) is 3.09. The van der Waals surface area contributed by atoms with Gasteiger partial charge < -0.3 is 16.0 Å². The first-order valence-electron chi connectivity index (χ1n) is 6.51. The molecule has 1 unspecified atom stereocenters. The maximum atomic E-state index is 5.89. The van der Waals surface area contributed by atoms with Gasteiger partial charge >= 0.3 is 0 Å². The number of para-hydroxylation sites is 1. The molecule has 21 heavy (non-hydrogen) atoms. The van der Waals surface area contributed by atoms with Crippen molar-refractivity contribution in [1.29, 1.82) is 0 Å². The highest BCUT2D eigenvalue weighted by Gasteiger charge is 2.26. The highest BCUT2D eigenvalue weighted by atomic mass is 35.5. The van der Waals surface area contributed by atoms with E-state index in [-0.39, 0.29) is 5.96 Å². The minimum Gasteiger partial charge on any atom is -0.369 e. The second kappa shape index (κ2) is 5.27. The molecule has 1 atom stereocenters. The molecular formula is C13H16ClN7. The quantitative estimate of drug-likeness (QED) is 0.416. The first kappa shape index (κ1) is 13.7. The van der Waals surface area contributed by atoms with E-state index in [1.165, 1.54) is 10.9 Å². The van der Waals surface area contributed by atoms with Crippen molar-refractivity contribution in [3.05, 3.63) is 36.0 Å². The molecule has 0 bridgehead atoms. The summed E-state index contributed by atoms with van der Waals surface area (Å²) in [4.78, 5) is 11.4. The number of fused-ring (bicyclic) bond motifs is 1. The number of aromatic nitrogens is 1. The normalized spacial score (nSPS) is 23.7. The van der Waals surface area contributed by atoms with Crippen LogP contribution >= 0.6 is 11.6 Å². The number of halogens is 1. The molecule has 110 valence electrons. The zero-order valence-corrected chi connectivity index (χ0v) is 12.0. The first-order chi connectivity index (χ1) is 10.0. The molecule has 2 aromatic rings. The van der Waals surface area contributed by atoms with Crippen molar-refractivity contribution in [3.8, 4) is 0 Å². The van der Waals surface area contributed by atoms with E-state index < -0.39 is 5.25 Å². The Morgan fingerprint density at radius 3 is 2.95 bits per heavy atom. The van der Waals surface area contributed by atoms with Crippen molar-refractivity contribution in [3.63, 3.8) is 0 Å². The van der Waals surface area contributed by atoms with Gasteiger partial charge in [-0.3, -0.25) is 16.0 Å². The molecule has 0 fully saturated rings. The monoisotopic (exact) mass is 305 g/mol. The number of rotatable bonds is 3. The summed E-state index contributed by atoms with van der Waals surface area (Å²) in [7, 11) is 0. The Bertz CT molecular complexity index is 716. The lowest BCUT2D eigenvalue weighted by molar-refractivity contribution is 0.565. The molecule has 0 radical (unpaired) electrons. The van der Waals surface area contributed by atoms with E-state index in [2.05, 4.69) is 31.7 Å². The summed E-state index contributed by atoms with van der Waals surface area (Å²) in [5.41, 5.74) is 13.6. The van der Waals surface area contributed by atoms with Crippen molar-refractivity contribution < 1.29 is 0 Å². The highest BCUT2D eigenvalue weighted by Crippen LogP contribution is 2.18. The average Bonchev–Trinajstić information content (AvgIpc) is 2.80. The van der Waals surface area contributed by atoms with Crippen LogP contribution in [0.25, 0.3) is 10.9 Å². The third-order valence-electron chi connectivity index (χ3n) is 3.15. The standard InChI is InChI=1S/C13H16ClN7/c14-13(16)20-11(15)19-12(21-13)17-6-5-8-7-18-10-4-2-1-3-9(8)10/h1-4,7,18H,5-6,16H2,(H4,15,17,19,20,21). The van der Waals surface area contributed by atoms with Crippen LogP contribution in [0.15, 0.2) is 40.4 Å². The van der Waals surface area contributed by atoms with Crippen molar-refractivity contribution in [1.82, 2.24) is 15.6 Å². The predicted octanol–water partition coefficient (Wildman–Crippen LogP) is 0.383. The van der Waals surface area contributed by atoms with Gasteiger partial charge in [0.05, 0.1) is 0 Å². The van der Waals surface area contributed by atoms with Crippen LogP contribution in [-0.2, 0) is 6.42 Å². The molecule has 0 amide bonds. The highest BCUT2D eigenvalue weighted by molar-refractivity contribution is 6.25. The van der Waals surface area contributed by atoms with Crippen molar-refractivity contribution in [2.45, 2.75) is 11.7 Å². The van der Waals surface area contributed by atoms with Crippen LogP contribution in [0.1, 0.15) is 5.56 Å². The van der Waals surface area contributed by atoms with E-state index in [1.54, 1.807) is 0 Å². The molecular weight excluding hydrogens is 290 g/mol. The van der Waals surface area contributed by atoms with Gasteiger partial charge in [-0.15, -0.1) is 0 Å². The fourth-order valence-corrected chi connectivity index (χ4v) is 2.44. The zero-order valence-electron chi connectivity index (χ0n) is 11.2. The lowest BCUT2D eigenvalue weighted by Gasteiger charge is -2.26. The molecule has 1 aliphatic rings. The molecule has 8 heteroatoms. The molecule has 1 aromatic carbocycles. The van der Waals surface area contributed by atoms with Crippen LogP contribution < -0.4 is 22.1 Å². The number of alkyl halides is 1. The number of hydrogen-bond donors (Lipinski definition) is 5.